The summed E-state index contributed by atoms with van der Waals surface area (Å²) in [4.78, 5) is 71.9. The van der Waals surface area contributed by atoms with Crippen molar-refractivity contribution >= 4 is 86.8 Å². The molecule has 2 aromatic heterocycles. The van der Waals surface area contributed by atoms with Gasteiger partial charge in [-0.3, -0.25) is 24.1 Å². The topological polar surface area (TPSA) is 226 Å². The molecule has 2 amide bonds. The van der Waals surface area contributed by atoms with Crippen LogP contribution in [0.2, 0.25) is 0 Å². The first-order valence-corrected chi connectivity index (χ1v) is 17.3. The van der Waals surface area contributed by atoms with Crippen molar-refractivity contribution in [3.63, 3.8) is 0 Å². The summed E-state index contributed by atoms with van der Waals surface area (Å²) in [5, 5.41) is 26.5. The number of thiazole rings is 1. The molecule has 1 aromatic carbocycles. The average Bonchev–Trinajstić information content (AvgIpc) is 3.68. The number of hydrogen-bond donors (Lipinski definition) is 3. The van der Waals surface area contributed by atoms with Gasteiger partial charge in [0.2, 0.25) is 0 Å². The molecular weight excluding hydrogens is 695 g/mol. The number of carboxylic acid groups (broad SMARTS) is 1. The van der Waals surface area contributed by atoms with Crippen LogP contribution in [0, 0.1) is 0 Å². The Bertz CT molecular complexity index is 1820. The highest BCUT2D eigenvalue weighted by atomic mass is 32.2. The number of benzene rings is 1. The lowest BCUT2D eigenvalue weighted by atomic mass is 10.0. The second kappa shape index (κ2) is 14.5. The summed E-state index contributed by atoms with van der Waals surface area (Å²) >= 11 is 4.89. The molecule has 0 saturated carbocycles. The number of carboxylic acids is 1. The van der Waals surface area contributed by atoms with Crippen LogP contribution in [0.15, 0.2) is 44.3 Å². The van der Waals surface area contributed by atoms with E-state index in [2.05, 4.69) is 25.7 Å². The van der Waals surface area contributed by atoms with Gasteiger partial charge in [0, 0.05) is 36.3 Å². The van der Waals surface area contributed by atoms with Crippen molar-refractivity contribution in [2.45, 2.75) is 36.5 Å². The predicted octanol–water partition coefficient (Wildman–Crippen LogP) is 2.37. The molecule has 2 atom stereocenters. The average molecular weight is 720 g/mol. The van der Waals surface area contributed by atoms with Crippen LogP contribution < -0.4 is 20.5 Å². The smallest absolute Gasteiger partial charge is 0.352 e. The van der Waals surface area contributed by atoms with Crippen LogP contribution in [0.5, 0.6) is 11.5 Å². The molecule has 246 valence electrons. The summed E-state index contributed by atoms with van der Waals surface area (Å²) in [6.45, 7) is 4.32. The van der Waals surface area contributed by atoms with Crippen molar-refractivity contribution in [3.05, 3.63) is 40.5 Å². The molecule has 2 aliphatic rings. The van der Waals surface area contributed by atoms with Gasteiger partial charge in [-0.05, 0) is 30.7 Å². The van der Waals surface area contributed by atoms with Crippen LogP contribution >= 0.6 is 46.2 Å². The third-order valence-electron chi connectivity index (χ3n) is 6.28. The molecule has 0 aliphatic carbocycles. The fourth-order valence-corrected chi connectivity index (χ4v) is 8.26. The van der Waals surface area contributed by atoms with Crippen LogP contribution in [-0.2, 0) is 28.8 Å². The number of nitrogens with one attached hydrogen (secondary N) is 1. The van der Waals surface area contributed by atoms with Gasteiger partial charge in [0.1, 0.15) is 34.4 Å². The quantitative estimate of drug-likeness (QED) is 0.0610. The SMILES string of the molecule is CCO/N=C(/C(=O)N[C@@H]1C(=O)N2C(C(=O)O)=C(CSc3nnc(-c4ccc(OC(C)=O)c(OC(C)=O)c4)s3)CS[C@H]12)c1csc(N)n1. The minimum absolute atomic E-state index is 0.0407. The Kier molecular flexibility index (Phi) is 10.4. The number of nitrogen functional groups attached to an aromatic ring is 1. The second-order valence-corrected chi connectivity index (χ2v) is 13.8. The number of amides is 2. The molecule has 4 heterocycles. The van der Waals surface area contributed by atoms with E-state index in [1.807, 2.05) is 0 Å². The second-order valence-electron chi connectivity index (χ2n) is 9.56. The number of β-lactam (4-membered cyclic amide) rings is 1. The molecule has 0 radical (unpaired) electrons. The Morgan fingerprint density at radius 1 is 1.17 bits per heavy atom. The summed E-state index contributed by atoms with van der Waals surface area (Å²) in [5.74, 6) is -3.15. The predicted molar refractivity (Wildman–Crippen MR) is 173 cm³/mol. The highest BCUT2D eigenvalue weighted by Gasteiger charge is 2.54. The maximum absolute atomic E-state index is 13.2. The molecule has 20 heteroatoms. The van der Waals surface area contributed by atoms with Crippen molar-refractivity contribution < 1.29 is 43.4 Å². The van der Waals surface area contributed by atoms with Crippen LogP contribution in [0.4, 0.5) is 5.13 Å². The summed E-state index contributed by atoms with van der Waals surface area (Å²) in [5.41, 5.74) is 6.63. The number of nitrogens with zero attached hydrogens (tertiary/aromatic N) is 5. The maximum Gasteiger partial charge on any atom is 0.352 e. The molecule has 0 spiro atoms. The van der Waals surface area contributed by atoms with Gasteiger partial charge in [0.05, 0.1) is 0 Å². The minimum Gasteiger partial charge on any atom is -0.477 e. The largest absolute Gasteiger partial charge is 0.477 e. The van der Waals surface area contributed by atoms with Gasteiger partial charge >= 0.3 is 17.9 Å². The monoisotopic (exact) mass is 719 g/mol. The molecule has 0 bridgehead atoms. The number of hydrogen-bond acceptors (Lipinski definition) is 17. The molecule has 16 nitrogen and oxygen atoms in total. The third kappa shape index (κ3) is 7.56. The van der Waals surface area contributed by atoms with E-state index in [0.717, 1.165) is 11.3 Å². The van der Waals surface area contributed by atoms with Crippen molar-refractivity contribution in [1.82, 2.24) is 25.4 Å². The Labute approximate surface area is 282 Å². The van der Waals surface area contributed by atoms with Gasteiger partial charge < -0.3 is 30.5 Å². The van der Waals surface area contributed by atoms with Gasteiger partial charge in [-0.25, -0.2) is 9.78 Å². The Hall–Kier alpha value is -4.53. The summed E-state index contributed by atoms with van der Waals surface area (Å²) in [6.07, 6.45) is 0. The lowest BCUT2D eigenvalue weighted by Crippen LogP contribution is -2.71. The van der Waals surface area contributed by atoms with Crippen molar-refractivity contribution in [2.75, 3.05) is 23.8 Å². The van der Waals surface area contributed by atoms with Crippen molar-refractivity contribution in [3.8, 4) is 22.1 Å². The standard InChI is InChI=1S/C27H25N7O9S4/c1-4-41-33-18(15-10-45-26(28)29-15)21(37)30-19-23(38)34-20(25(39)40)14(8-44-24(19)34)9-46-27-32-31-22(47-27)13-5-6-16(42-11(2)35)17(7-13)43-12(3)36/h5-7,10,19,24H,4,8-9H2,1-3H3,(H2,28,29)(H,30,37)(H,39,40)/b33-18+/t19-,24-/m1/s1. The number of nitrogens with two attached hydrogens (primary N) is 1. The molecule has 4 N–H and O–H groups in total. The molecule has 0 unspecified atom stereocenters. The van der Waals surface area contributed by atoms with E-state index in [1.165, 1.54) is 71.1 Å². The highest BCUT2D eigenvalue weighted by Crippen LogP contribution is 2.42. The Balaban J connectivity index is 1.28. The molecule has 2 aliphatic heterocycles. The van der Waals surface area contributed by atoms with E-state index in [4.69, 9.17) is 20.0 Å². The van der Waals surface area contributed by atoms with E-state index in [9.17, 15) is 29.1 Å². The van der Waals surface area contributed by atoms with Gasteiger partial charge in [0.15, 0.2) is 26.7 Å². The number of aromatic nitrogens is 3. The van der Waals surface area contributed by atoms with Gasteiger partial charge in [0.25, 0.3) is 11.8 Å². The summed E-state index contributed by atoms with van der Waals surface area (Å²) < 4.78 is 10.8. The molecule has 47 heavy (non-hydrogen) atoms. The first kappa shape index (κ1) is 33.8. The number of carbonyl (C=O) groups excluding carboxylic acids is 4. The highest BCUT2D eigenvalue weighted by molar-refractivity contribution is 8.01. The minimum atomic E-state index is -1.27. The molecule has 1 fully saturated rings. The third-order valence-corrected chi connectivity index (χ3v) is 10.5. The molecule has 3 aromatic rings. The number of ether oxygens (including phenoxy) is 2. The van der Waals surface area contributed by atoms with Gasteiger partial charge in [-0.1, -0.05) is 28.3 Å². The zero-order valence-electron chi connectivity index (χ0n) is 24.7. The fraction of sp³-hybridized carbons (Fsp3) is 0.296. The number of fused-ring (bicyclic) bond motifs is 1. The van der Waals surface area contributed by atoms with Gasteiger partial charge in [-0.2, -0.15) is 0 Å². The number of oxime groups is 1. The van der Waals surface area contributed by atoms with Crippen LogP contribution in [0.3, 0.4) is 0 Å². The van der Waals surface area contributed by atoms with Crippen LogP contribution in [0.25, 0.3) is 10.6 Å². The number of carbonyl (C=O) groups is 5. The first-order valence-electron chi connectivity index (χ1n) is 13.6. The van der Waals surface area contributed by atoms with E-state index < -0.39 is 41.1 Å². The number of rotatable bonds is 12. The van der Waals surface area contributed by atoms with E-state index in [0.29, 0.717) is 20.5 Å². The lowest BCUT2D eigenvalue weighted by molar-refractivity contribution is -0.150. The van der Waals surface area contributed by atoms with Crippen molar-refractivity contribution in [1.29, 1.82) is 0 Å². The zero-order valence-corrected chi connectivity index (χ0v) is 28.0. The molecule has 1 saturated heterocycles. The normalized spacial score (nSPS) is 17.5. The van der Waals surface area contributed by atoms with Crippen molar-refractivity contribution in [2.24, 2.45) is 5.16 Å². The Morgan fingerprint density at radius 2 is 1.91 bits per heavy atom. The van der Waals surface area contributed by atoms with Gasteiger partial charge in [-0.15, -0.1) is 33.3 Å². The van der Waals surface area contributed by atoms with E-state index in [-0.39, 0.29) is 51.8 Å². The maximum atomic E-state index is 13.2. The summed E-state index contributed by atoms with van der Waals surface area (Å²) in [7, 11) is 0. The van der Waals surface area contributed by atoms with Crippen LogP contribution in [0.1, 0.15) is 26.5 Å². The number of thioether (sulfide) groups is 2. The molecule has 5 rings (SSSR count). The fourth-order valence-electron chi connectivity index (χ4n) is 4.38. The number of anilines is 1. The lowest BCUT2D eigenvalue weighted by Gasteiger charge is -2.49. The van der Waals surface area contributed by atoms with E-state index >= 15 is 0 Å². The number of aliphatic carboxylic acids is 1. The Morgan fingerprint density at radius 3 is 2.57 bits per heavy atom. The first-order chi connectivity index (χ1) is 22.5. The zero-order chi connectivity index (χ0) is 33.8. The number of esters is 2. The van der Waals surface area contributed by atoms with Crippen LogP contribution in [-0.4, -0.2) is 90.2 Å². The van der Waals surface area contributed by atoms with E-state index in [1.54, 1.807) is 13.0 Å². The molecular formula is C27H25N7O9S4. The summed E-state index contributed by atoms with van der Waals surface area (Å²) in [6, 6.07) is 3.62.